The number of halogens is 1. The van der Waals surface area contributed by atoms with Gasteiger partial charge in [-0.3, -0.25) is 9.69 Å². The lowest BCUT2D eigenvalue weighted by Gasteiger charge is -2.18. The van der Waals surface area contributed by atoms with Crippen LogP contribution in [0.5, 0.6) is 0 Å². The molecule has 0 aromatic heterocycles. The summed E-state index contributed by atoms with van der Waals surface area (Å²) in [6.45, 7) is 3.66. The molecular weight excluding hydrogens is 406 g/mol. The van der Waals surface area contributed by atoms with Gasteiger partial charge in [-0.2, -0.15) is 0 Å². The van der Waals surface area contributed by atoms with E-state index in [-0.39, 0.29) is 17.8 Å². The predicted molar refractivity (Wildman–Crippen MR) is 114 cm³/mol. The number of esters is 2. The van der Waals surface area contributed by atoms with E-state index in [2.05, 4.69) is 0 Å². The molecule has 154 valence electrons. The highest BCUT2D eigenvalue weighted by atomic mass is 35.5. The normalized spacial score (nSPS) is 15.0. The van der Waals surface area contributed by atoms with Crippen molar-refractivity contribution in [3.63, 3.8) is 0 Å². The van der Waals surface area contributed by atoms with Gasteiger partial charge in [0.05, 0.1) is 30.4 Å². The van der Waals surface area contributed by atoms with Crippen LogP contribution < -0.4 is 4.90 Å². The van der Waals surface area contributed by atoms with Crippen LogP contribution >= 0.6 is 11.6 Å². The number of carbonyl (C=O) groups excluding carboxylic acids is 3. The van der Waals surface area contributed by atoms with Gasteiger partial charge in [-0.05, 0) is 55.8 Å². The topological polar surface area (TPSA) is 72.9 Å². The van der Waals surface area contributed by atoms with Crippen molar-refractivity contribution in [2.45, 2.75) is 13.8 Å². The fourth-order valence-corrected chi connectivity index (χ4v) is 3.39. The summed E-state index contributed by atoms with van der Waals surface area (Å²) in [6.07, 6.45) is 1.58. The first-order chi connectivity index (χ1) is 14.4. The van der Waals surface area contributed by atoms with Gasteiger partial charge in [-0.15, -0.1) is 0 Å². The summed E-state index contributed by atoms with van der Waals surface area (Å²) in [5.74, 6) is -1.46. The van der Waals surface area contributed by atoms with Crippen LogP contribution in [-0.4, -0.2) is 31.6 Å². The van der Waals surface area contributed by atoms with E-state index in [1.807, 2.05) is 0 Å². The molecule has 1 aliphatic rings. The molecule has 0 fully saturated rings. The van der Waals surface area contributed by atoms with E-state index in [4.69, 9.17) is 21.1 Å². The average Bonchev–Trinajstić information content (AvgIpc) is 2.99. The van der Waals surface area contributed by atoms with Crippen molar-refractivity contribution in [2.24, 2.45) is 0 Å². The number of benzene rings is 2. The smallest absolute Gasteiger partial charge is 0.340 e. The van der Waals surface area contributed by atoms with Crippen LogP contribution in [0, 0.1) is 0 Å². The van der Waals surface area contributed by atoms with Gasteiger partial charge in [0, 0.05) is 16.4 Å². The molecule has 6 nitrogen and oxygen atoms in total. The van der Waals surface area contributed by atoms with Gasteiger partial charge in [-0.25, -0.2) is 9.59 Å². The second-order valence-electron chi connectivity index (χ2n) is 6.44. The zero-order valence-corrected chi connectivity index (χ0v) is 17.5. The van der Waals surface area contributed by atoms with Gasteiger partial charge in [0.25, 0.3) is 5.91 Å². The Kier molecular flexibility index (Phi) is 6.37. The lowest BCUT2D eigenvalue weighted by Crippen LogP contribution is -2.24. The molecule has 0 spiro atoms. The van der Waals surface area contributed by atoms with Gasteiger partial charge in [0.1, 0.15) is 0 Å². The Hall–Kier alpha value is -3.38. The zero-order chi connectivity index (χ0) is 21.8. The molecule has 0 unspecified atom stereocenters. The van der Waals surface area contributed by atoms with E-state index in [1.54, 1.807) is 68.5 Å². The second-order valence-corrected chi connectivity index (χ2v) is 6.85. The Morgan fingerprint density at radius 3 is 2.33 bits per heavy atom. The molecule has 0 saturated heterocycles. The quantitative estimate of drug-likeness (QED) is 0.524. The van der Waals surface area contributed by atoms with Crippen molar-refractivity contribution < 1.29 is 23.9 Å². The van der Waals surface area contributed by atoms with Crippen molar-refractivity contribution in [1.82, 2.24) is 0 Å². The highest BCUT2D eigenvalue weighted by Crippen LogP contribution is 2.36. The first-order valence-electron chi connectivity index (χ1n) is 9.26. The summed E-state index contributed by atoms with van der Waals surface area (Å²) >= 11 is 6.23. The summed E-state index contributed by atoms with van der Waals surface area (Å²) in [4.78, 5) is 39.0. The highest BCUT2D eigenvalue weighted by Gasteiger charge is 2.38. The molecule has 0 radical (unpaired) electrons. The minimum absolute atomic E-state index is 0.164. The number of methoxy groups -OCH3 is 1. The van der Waals surface area contributed by atoms with Crippen LogP contribution in [0.25, 0.3) is 6.08 Å². The Morgan fingerprint density at radius 1 is 1.07 bits per heavy atom. The van der Waals surface area contributed by atoms with Crippen LogP contribution in [0.2, 0.25) is 5.02 Å². The third-order valence-electron chi connectivity index (χ3n) is 4.63. The molecule has 7 heteroatoms. The van der Waals surface area contributed by atoms with Crippen molar-refractivity contribution in [1.29, 1.82) is 0 Å². The van der Waals surface area contributed by atoms with Crippen LogP contribution in [0.4, 0.5) is 5.69 Å². The minimum Gasteiger partial charge on any atom is -0.465 e. The molecule has 2 aromatic rings. The van der Waals surface area contributed by atoms with Crippen molar-refractivity contribution in [2.75, 3.05) is 18.6 Å². The van der Waals surface area contributed by atoms with Gasteiger partial charge < -0.3 is 9.47 Å². The molecular formula is C23H20ClNO5. The van der Waals surface area contributed by atoms with Gasteiger partial charge in [0.2, 0.25) is 0 Å². The first-order valence-corrected chi connectivity index (χ1v) is 9.64. The second kappa shape index (κ2) is 8.97. The number of hydrogen-bond acceptors (Lipinski definition) is 5. The van der Waals surface area contributed by atoms with Crippen molar-refractivity contribution >= 4 is 41.2 Å². The van der Waals surface area contributed by atoms with Gasteiger partial charge in [-0.1, -0.05) is 29.8 Å². The van der Waals surface area contributed by atoms with E-state index in [9.17, 15) is 14.4 Å². The van der Waals surface area contributed by atoms with Crippen LogP contribution in [0.15, 0.2) is 65.4 Å². The van der Waals surface area contributed by atoms with E-state index in [0.717, 1.165) is 0 Å². The van der Waals surface area contributed by atoms with Crippen molar-refractivity contribution in [3.05, 3.63) is 81.5 Å². The first kappa shape index (κ1) is 21.3. The lowest BCUT2D eigenvalue weighted by molar-refractivity contribution is -0.136. The van der Waals surface area contributed by atoms with E-state index >= 15 is 0 Å². The Bertz CT molecular complexity index is 1070. The highest BCUT2D eigenvalue weighted by molar-refractivity contribution is 6.32. The SMILES string of the molecule is CCOC(=O)c1ccc(N2C(=O)/C(=C\c3ccccc3Cl)C(C(=O)OC)=C2C)cc1. The summed E-state index contributed by atoms with van der Waals surface area (Å²) in [5, 5.41) is 0.455. The molecule has 1 amide bonds. The number of allylic oxidation sites excluding steroid dienone is 1. The maximum Gasteiger partial charge on any atom is 0.340 e. The molecule has 0 atom stereocenters. The monoisotopic (exact) mass is 425 g/mol. The number of hydrogen-bond donors (Lipinski definition) is 0. The van der Waals surface area contributed by atoms with Crippen LogP contribution in [0.1, 0.15) is 29.8 Å². The molecule has 1 aliphatic heterocycles. The molecule has 3 rings (SSSR count). The van der Waals surface area contributed by atoms with Gasteiger partial charge >= 0.3 is 11.9 Å². The number of carbonyl (C=O) groups is 3. The van der Waals surface area contributed by atoms with E-state index < -0.39 is 17.8 Å². The Labute approximate surface area is 179 Å². The van der Waals surface area contributed by atoms with E-state index in [0.29, 0.717) is 27.5 Å². The van der Waals surface area contributed by atoms with E-state index in [1.165, 1.54) is 12.0 Å². The molecule has 0 aliphatic carbocycles. The summed E-state index contributed by atoms with van der Waals surface area (Å²) in [5.41, 5.74) is 2.26. The number of rotatable bonds is 5. The molecule has 0 saturated carbocycles. The summed E-state index contributed by atoms with van der Waals surface area (Å²) < 4.78 is 9.88. The molecule has 2 aromatic carbocycles. The molecule has 0 bridgehead atoms. The molecule has 0 N–H and O–H groups in total. The maximum atomic E-state index is 13.3. The summed E-state index contributed by atoms with van der Waals surface area (Å²) in [7, 11) is 1.26. The minimum atomic E-state index is -0.621. The third-order valence-corrected chi connectivity index (χ3v) is 4.98. The van der Waals surface area contributed by atoms with Crippen molar-refractivity contribution in [3.8, 4) is 0 Å². The van der Waals surface area contributed by atoms with Crippen LogP contribution in [0.3, 0.4) is 0 Å². The number of nitrogens with zero attached hydrogens (tertiary/aromatic N) is 1. The van der Waals surface area contributed by atoms with Crippen LogP contribution in [-0.2, 0) is 19.1 Å². The average molecular weight is 426 g/mol. The number of amides is 1. The standard InChI is InChI=1S/C23H20ClNO5/c1-4-30-22(27)15-9-11-17(12-10-15)25-14(2)20(23(28)29-3)18(21(25)26)13-16-7-5-6-8-19(16)24/h5-13H,4H2,1-3H3/b18-13-. The molecule has 1 heterocycles. The fourth-order valence-electron chi connectivity index (χ4n) is 3.20. The van der Waals surface area contributed by atoms with Gasteiger partial charge in [0.15, 0.2) is 0 Å². The Morgan fingerprint density at radius 2 is 1.73 bits per heavy atom. The Balaban J connectivity index is 2.06. The zero-order valence-electron chi connectivity index (χ0n) is 16.8. The number of anilines is 1. The third kappa shape index (κ3) is 4.00. The lowest BCUT2D eigenvalue weighted by atomic mass is 10.0. The maximum absolute atomic E-state index is 13.3. The fraction of sp³-hybridized carbons (Fsp3) is 0.174. The largest absolute Gasteiger partial charge is 0.465 e. The summed E-state index contributed by atoms with van der Waals surface area (Å²) in [6, 6.07) is 13.4. The molecule has 30 heavy (non-hydrogen) atoms. The number of ether oxygens (including phenoxy) is 2. The predicted octanol–water partition coefficient (Wildman–Crippen LogP) is 4.39.